The summed E-state index contributed by atoms with van der Waals surface area (Å²) in [5.41, 5.74) is 0. The molecule has 4 heteroatoms. The minimum absolute atomic E-state index is 0.0245. The number of ether oxygens (including phenoxy) is 1. The minimum Gasteiger partial charge on any atom is -0.481 e. The van der Waals surface area contributed by atoms with Crippen molar-refractivity contribution in [2.75, 3.05) is 0 Å². The third-order valence-corrected chi connectivity index (χ3v) is 9.62. The van der Waals surface area contributed by atoms with Gasteiger partial charge in [-0.05, 0) is 38.5 Å². The van der Waals surface area contributed by atoms with Gasteiger partial charge in [0.15, 0.2) is 0 Å². The number of carbonyl (C=O) groups excluding carboxylic acids is 1. The molecule has 0 spiro atoms. The number of carboxylic acids is 1. The van der Waals surface area contributed by atoms with Gasteiger partial charge in [-0.3, -0.25) is 9.59 Å². The van der Waals surface area contributed by atoms with Crippen LogP contribution in [-0.2, 0) is 14.3 Å². The first-order valence-corrected chi connectivity index (χ1v) is 20.9. The van der Waals surface area contributed by atoms with E-state index in [-0.39, 0.29) is 18.0 Å². The molecule has 0 rings (SSSR count). The standard InChI is InChI=1S/C24H48O2.C18H36O2/c1-4-7-9-10-11-12-13-14-15-16-17-18-20-22-24(25)26-23(6-3)21-19-8-5-2;1-3-5-6-7-8-9-10-11-12-13-14-15-16-17(4-2)18(19)20/h23H,4-22H2,1-3H3;17H,3-16H2,1-2H3,(H,19,20). The molecule has 2 unspecified atom stereocenters. The lowest BCUT2D eigenvalue weighted by Gasteiger charge is -2.16. The van der Waals surface area contributed by atoms with Gasteiger partial charge in [-0.15, -0.1) is 0 Å². The highest BCUT2D eigenvalue weighted by Crippen LogP contribution is 2.17. The molecule has 1 N–H and O–H groups in total. The first-order valence-electron chi connectivity index (χ1n) is 20.9. The van der Waals surface area contributed by atoms with Gasteiger partial charge in [0.2, 0.25) is 0 Å². The monoisotopic (exact) mass is 653 g/mol. The van der Waals surface area contributed by atoms with Crippen molar-refractivity contribution in [3.63, 3.8) is 0 Å². The van der Waals surface area contributed by atoms with E-state index >= 15 is 0 Å². The van der Waals surface area contributed by atoms with Crippen LogP contribution in [0.15, 0.2) is 0 Å². The van der Waals surface area contributed by atoms with Crippen LogP contribution in [0.5, 0.6) is 0 Å². The molecular weight excluding hydrogens is 568 g/mol. The maximum Gasteiger partial charge on any atom is 0.306 e. The van der Waals surface area contributed by atoms with Gasteiger partial charge in [-0.2, -0.15) is 0 Å². The number of carboxylic acid groups (broad SMARTS) is 1. The van der Waals surface area contributed by atoms with E-state index in [2.05, 4.69) is 27.7 Å². The zero-order valence-corrected chi connectivity index (χ0v) is 32.2. The number of aliphatic carboxylic acids is 1. The van der Waals surface area contributed by atoms with Crippen LogP contribution in [-0.4, -0.2) is 23.1 Å². The highest BCUT2D eigenvalue weighted by molar-refractivity contribution is 5.70. The Hall–Kier alpha value is -1.06. The summed E-state index contributed by atoms with van der Waals surface area (Å²) < 4.78 is 5.61. The van der Waals surface area contributed by atoms with Crippen LogP contribution in [0.25, 0.3) is 0 Å². The predicted octanol–water partition coefficient (Wildman–Crippen LogP) is 14.6. The van der Waals surface area contributed by atoms with Crippen LogP contribution in [0.4, 0.5) is 0 Å². The Bertz CT molecular complexity index is 604. The molecule has 0 amide bonds. The lowest BCUT2D eigenvalue weighted by molar-refractivity contribution is -0.149. The summed E-state index contributed by atoms with van der Waals surface area (Å²) in [7, 11) is 0. The molecule has 0 aliphatic heterocycles. The highest BCUT2D eigenvalue weighted by atomic mass is 16.5. The number of carbonyl (C=O) groups is 2. The fraction of sp³-hybridized carbons (Fsp3) is 0.952. The second-order valence-corrected chi connectivity index (χ2v) is 14.1. The fourth-order valence-electron chi connectivity index (χ4n) is 6.23. The summed E-state index contributed by atoms with van der Waals surface area (Å²) in [5.74, 6) is -0.704. The summed E-state index contributed by atoms with van der Waals surface area (Å²) in [4.78, 5) is 22.8. The van der Waals surface area contributed by atoms with Crippen molar-refractivity contribution in [1.29, 1.82) is 0 Å². The zero-order valence-electron chi connectivity index (χ0n) is 32.2. The molecule has 0 aliphatic rings. The third kappa shape index (κ3) is 37.4. The molecule has 2 atom stereocenters. The molecule has 0 heterocycles. The molecule has 46 heavy (non-hydrogen) atoms. The van der Waals surface area contributed by atoms with Gasteiger partial charge >= 0.3 is 11.9 Å². The summed E-state index contributed by atoms with van der Waals surface area (Å²) in [6.07, 6.45) is 41.5. The number of unbranched alkanes of at least 4 members (excludes halogenated alkanes) is 25. The van der Waals surface area contributed by atoms with Crippen molar-refractivity contribution in [3.05, 3.63) is 0 Å². The van der Waals surface area contributed by atoms with Crippen molar-refractivity contribution in [1.82, 2.24) is 0 Å². The molecule has 0 saturated carbocycles. The van der Waals surface area contributed by atoms with Gasteiger partial charge in [0, 0.05) is 6.42 Å². The Morgan fingerprint density at radius 2 is 0.761 bits per heavy atom. The van der Waals surface area contributed by atoms with E-state index in [9.17, 15) is 9.59 Å². The fourth-order valence-corrected chi connectivity index (χ4v) is 6.23. The first-order chi connectivity index (χ1) is 22.5. The summed E-state index contributed by atoms with van der Waals surface area (Å²) in [6.45, 7) is 10.8. The van der Waals surface area contributed by atoms with Crippen molar-refractivity contribution < 1.29 is 19.4 Å². The third-order valence-electron chi connectivity index (χ3n) is 9.62. The SMILES string of the molecule is CCCCCCCCCCCCCCC(CC)C(=O)O.CCCCCCCCCCCCCCCC(=O)OC(CC)CCCCC. The Morgan fingerprint density at radius 3 is 1.11 bits per heavy atom. The van der Waals surface area contributed by atoms with Gasteiger partial charge in [0.25, 0.3) is 0 Å². The second-order valence-electron chi connectivity index (χ2n) is 14.1. The van der Waals surface area contributed by atoms with Crippen molar-refractivity contribution in [2.45, 2.75) is 253 Å². The molecule has 0 radical (unpaired) electrons. The summed E-state index contributed by atoms with van der Waals surface area (Å²) >= 11 is 0. The van der Waals surface area contributed by atoms with Crippen LogP contribution in [0.1, 0.15) is 247 Å². The van der Waals surface area contributed by atoms with Gasteiger partial charge < -0.3 is 9.84 Å². The average Bonchev–Trinajstić information content (AvgIpc) is 3.05. The van der Waals surface area contributed by atoms with Crippen molar-refractivity contribution >= 4 is 11.9 Å². The highest BCUT2D eigenvalue weighted by Gasteiger charge is 2.14. The molecule has 0 aliphatic carbocycles. The zero-order chi connectivity index (χ0) is 34.4. The minimum atomic E-state index is -0.615. The van der Waals surface area contributed by atoms with Crippen LogP contribution in [0, 0.1) is 5.92 Å². The number of hydrogen-bond acceptors (Lipinski definition) is 3. The molecule has 0 saturated heterocycles. The molecule has 0 aromatic rings. The summed E-state index contributed by atoms with van der Waals surface area (Å²) in [6, 6.07) is 0. The van der Waals surface area contributed by atoms with E-state index in [1.807, 2.05) is 6.92 Å². The Kier molecular flexibility index (Phi) is 41.0. The van der Waals surface area contributed by atoms with Crippen LogP contribution in [0.2, 0.25) is 0 Å². The van der Waals surface area contributed by atoms with Gasteiger partial charge in [0.05, 0.1) is 5.92 Å². The van der Waals surface area contributed by atoms with Gasteiger partial charge in [-0.25, -0.2) is 0 Å². The number of hydrogen-bond donors (Lipinski definition) is 1. The molecule has 276 valence electrons. The van der Waals surface area contributed by atoms with E-state index in [4.69, 9.17) is 9.84 Å². The average molecular weight is 653 g/mol. The van der Waals surface area contributed by atoms with E-state index < -0.39 is 5.97 Å². The van der Waals surface area contributed by atoms with E-state index in [1.54, 1.807) is 0 Å². The largest absolute Gasteiger partial charge is 0.481 e. The number of rotatable bonds is 35. The molecule has 0 bridgehead atoms. The smallest absolute Gasteiger partial charge is 0.306 e. The quantitative estimate of drug-likeness (QED) is 0.0546. The Labute approximate surface area is 289 Å². The van der Waals surface area contributed by atoms with Crippen molar-refractivity contribution in [3.8, 4) is 0 Å². The van der Waals surface area contributed by atoms with E-state index in [0.717, 1.165) is 38.5 Å². The van der Waals surface area contributed by atoms with Crippen LogP contribution in [0.3, 0.4) is 0 Å². The van der Waals surface area contributed by atoms with E-state index in [0.29, 0.717) is 6.42 Å². The van der Waals surface area contributed by atoms with Gasteiger partial charge in [0.1, 0.15) is 6.10 Å². The number of esters is 1. The lowest BCUT2D eigenvalue weighted by atomic mass is 9.98. The molecule has 0 fully saturated rings. The second kappa shape index (κ2) is 40.1. The molecular formula is C42H84O4. The molecule has 0 aromatic carbocycles. The Morgan fingerprint density at radius 1 is 0.435 bits per heavy atom. The predicted molar refractivity (Wildman–Crippen MR) is 202 cm³/mol. The maximum absolute atomic E-state index is 11.9. The van der Waals surface area contributed by atoms with Gasteiger partial charge in [-0.1, -0.05) is 202 Å². The topological polar surface area (TPSA) is 63.6 Å². The first kappa shape index (κ1) is 47.1. The van der Waals surface area contributed by atoms with E-state index in [1.165, 1.54) is 167 Å². The normalized spacial score (nSPS) is 12.4. The van der Waals surface area contributed by atoms with Crippen LogP contribution >= 0.6 is 0 Å². The maximum atomic E-state index is 11.9. The summed E-state index contributed by atoms with van der Waals surface area (Å²) in [5, 5.41) is 8.95. The Balaban J connectivity index is 0. The molecule has 4 nitrogen and oxygen atoms in total. The van der Waals surface area contributed by atoms with Crippen LogP contribution < -0.4 is 0 Å². The van der Waals surface area contributed by atoms with Crippen molar-refractivity contribution in [2.24, 2.45) is 5.92 Å². The molecule has 0 aromatic heterocycles. The lowest BCUT2D eigenvalue weighted by Crippen LogP contribution is -2.17.